The first-order chi connectivity index (χ1) is 8.11. The van der Waals surface area contributed by atoms with E-state index < -0.39 is 4.92 Å². The summed E-state index contributed by atoms with van der Waals surface area (Å²) >= 11 is 0. The number of rotatable bonds is 2. The van der Waals surface area contributed by atoms with Crippen LogP contribution in [0.4, 0.5) is 11.4 Å². The molecule has 0 amide bonds. The maximum absolute atomic E-state index is 10.7. The maximum atomic E-state index is 10.7. The number of nitro groups is 1. The first-order valence-corrected chi connectivity index (χ1v) is 5.31. The van der Waals surface area contributed by atoms with Gasteiger partial charge in [-0.15, -0.1) is 0 Å². The lowest BCUT2D eigenvalue weighted by Gasteiger charge is -2.17. The second-order valence-corrected chi connectivity index (χ2v) is 4.07. The molecule has 1 unspecified atom stereocenters. The van der Waals surface area contributed by atoms with Crippen LogP contribution in [0.2, 0.25) is 0 Å². The van der Waals surface area contributed by atoms with Gasteiger partial charge in [-0.05, 0) is 18.6 Å². The summed E-state index contributed by atoms with van der Waals surface area (Å²) in [6.45, 7) is 1.55. The number of nitrogens with two attached hydrogens (primary N) is 1. The van der Waals surface area contributed by atoms with Crippen LogP contribution in [0, 0.1) is 21.4 Å². The second kappa shape index (κ2) is 4.39. The van der Waals surface area contributed by atoms with Crippen molar-refractivity contribution in [1.82, 2.24) is 0 Å². The molecular formula is C11H12N4O2. The van der Waals surface area contributed by atoms with Crippen LogP contribution in [-0.4, -0.2) is 24.1 Å². The molecule has 0 bridgehead atoms. The predicted molar refractivity (Wildman–Crippen MR) is 62.6 cm³/mol. The second-order valence-electron chi connectivity index (χ2n) is 4.07. The fourth-order valence-electron chi connectivity index (χ4n) is 1.99. The van der Waals surface area contributed by atoms with Crippen LogP contribution >= 0.6 is 0 Å². The Bertz CT molecular complexity index is 495. The van der Waals surface area contributed by atoms with Crippen molar-refractivity contribution < 1.29 is 4.92 Å². The summed E-state index contributed by atoms with van der Waals surface area (Å²) in [5.41, 5.74) is 6.55. The molecule has 17 heavy (non-hydrogen) atoms. The molecule has 2 rings (SSSR count). The molecule has 1 aromatic carbocycles. The third-order valence-electron chi connectivity index (χ3n) is 2.89. The number of nitriles is 1. The van der Waals surface area contributed by atoms with Crippen molar-refractivity contribution in [3.05, 3.63) is 33.9 Å². The van der Waals surface area contributed by atoms with Crippen LogP contribution < -0.4 is 10.6 Å². The smallest absolute Gasteiger partial charge is 0.287 e. The van der Waals surface area contributed by atoms with Gasteiger partial charge in [0.2, 0.25) is 0 Å². The van der Waals surface area contributed by atoms with Crippen LogP contribution in [0.5, 0.6) is 0 Å². The summed E-state index contributed by atoms with van der Waals surface area (Å²) in [6.07, 6.45) is 0.902. The number of benzene rings is 1. The van der Waals surface area contributed by atoms with E-state index in [0.29, 0.717) is 0 Å². The Morgan fingerprint density at radius 1 is 1.59 bits per heavy atom. The van der Waals surface area contributed by atoms with Gasteiger partial charge in [0, 0.05) is 30.9 Å². The van der Waals surface area contributed by atoms with E-state index in [-0.39, 0.29) is 17.3 Å². The molecule has 0 aromatic heterocycles. The summed E-state index contributed by atoms with van der Waals surface area (Å²) < 4.78 is 0. The van der Waals surface area contributed by atoms with Gasteiger partial charge in [-0.3, -0.25) is 10.1 Å². The van der Waals surface area contributed by atoms with E-state index in [1.54, 1.807) is 12.1 Å². The molecule has 0 aliphatic carbocycles. The highest BCUT2D eigenvalue weighted by Gasteiger charge is 2.21. The molecule has 88 valence electrons. The Hall–Kier alpha value is -2.13. The van der Waals surface area contributed by atoms with Crippen molar-refractivity contribution in [1.29, 1.82) is 5.26 Å². The zero-order valence-corrected chi connectivity index (χ0v) is 9.17. The summed E-state index contributed by atoms with van der Waals surface area (Å²) in [5, 5.41) is 19.6. The minimum Gasteiger partial charge on any atom is -0.370 e. The molecule has 6 nitrogen and oxygen atoms in total. The van der Waals surface area contributed by atoms with Gasteiger partial charge >= 0.3 is 0 Å². The molecule has 1 saturated heterocycles. The fraction of sp³-hybridized carbons (Fsp3) is 0.364. The van der Waals surface area contributed by atoms with Crippen LogP contribution in [0.25, 0.3) is 0 Å². The molecule has 2 N–H and O–H groups in total. The third kappa shape index (κ3) is 2.19. The summed E-state index contributed by atoms with van der Waals surface area (Å²) in [7, 11) is 0. The van der Waals surface area contributed by atoms with Crippen molar-refractivity contribution >= 4 is 11.4 Å². The molecule has 1 atom stereocenters. The molecule has 0 spiro atoms. The molecular weight excluding hydrogens is 220 g/mol. The van der Waals surface area contributed by atoms with Crippen molar-refractivity contribution in [2.75, 3.05) is 18.0 Å². The molecule has 1 aliphatic rings. The van der Waals surface area contributed by atoms with Crippen molar-refractivity contribution in [2.24, 2.45) is 5.73 Å². The summed E-state index contributed by atoms with van der Waals surface area (Å²) in [5.74, 6) is 0. The molecule has 1 heterocycles. The Labute approximate surface area is 98.4 Å². The van der Waals surface area contributed by atoms with Gasteiger partial charge in [0.1, 0.15) is 11.6 Å². The zero-order valence-electron chi connectivity index (χ0n) is 9.17. The third-order valence-corrected chi connectivity index (χ3v) is 2.89. The van der Waals surface area contributed by atoms with Gasteiger partial charge < -0.3 is 10.6 Å². The minimum absolute atomic E-state index is 0.0907. The van der Waals surface area contributed by atoms with Gasteiger partial charge in [-0.25, -0.2) is 0 Å². The van der Waals surface area contributed by atoms with Crippen molar-refractivity contribution in [3.8, 4) is 6.07 Å². The highest BCUT2D eigenvalue weighted by Crippen LogP contribution is 2.26. The van der Waals surface area contributed by atoms with Crippen LogP contribution in [0.3, 0.4) is 0 Å². The topological polar surface area (TPSA) is 96.2 Å². The van der Waals surface area contributed by atoms with Crippen LogP contribution in [0.15, 0.2) is 18.2 Å². The van der Waals surface area contributed by atoms with E-state index in [1.807, 2.05) is 11.0 Å². The average Bonchev–Trinajstić information content (AvgIpc) is 2.75. The quantitative estimate of drug-likeness (QED) is 0.606. The number of hydrogen-bond donors (Lipinski definition) is 1. The minimum atomic E-state index is -0.544. The summed E-state index contributed by atoms with van der Waals surface area (Å²) in [4.78, 5) is 12.2. The predicted octanol–water partition coefficient (Wildman–Crippen LogP) is 1.00. The van der Waals surface area contributed by atoms with E-state index in [4.69, 9.17) is 11.0 Å². The molecule has 1 aromatic rings. The largest absolute Gasteiger partial charge is 0.370 e. The van der Waals surface area contributed by atoms with E-state index >= 15 is 0 Å². The lowest BCUT2D eigenvalue weighted by Crippen LogP contribution is -2.26. The first-order valence-electron chi connectivity index (χ1n) is 5.31. The zero-order chi connectivity index (χ0) is 12.4. The van der Waals surface area contributed by atoms with Gasteiger partial charge in [-0.1, -0.05) is 0 Å². The number of nitrogens with zero attached hydrogens (tertiary/aromatic N) is 3. The van der Waals surface area contributed by atoms with Crippen LogP contribution in [0.1, 0.15) is 12.0 Å². The Kier molecular flexibility index (Phi) is 2.93. The Morgan fingerprint density at radius 2 is 2.35 bits per heavy atom. The van der Waals surface area contributed by atoms with E-state index in [9.17, 15) is 10.1 Å². The molecule has 0 saturated carbocycles. The highest BCUT2D eigenvalue weighted by atomic mass is 16.6. The number of hydrogen-bond acceptors (Lipinski definition) is 5. The van der Waals surface area contributed by atoms with Gasteiger partial charge in [0.25, 0.3) is 5.69 Å². The molecule has 6 heteroatoms. The first kappa shape index (κ1) is 11.4. The average molecular weight is 232 g/mol. The van der Waals surface area contributed by atoms with Crippen molar-refractivity contribution in [2.45, 2.75) is 12.5 Å². The molecule has 0 radical (unpaired) electrons. The highest BCUT2D eigenvalue weighted by molar-refractivity contribution is 5.60. The molecule has 1 fully saturated rings. The number of nitro benzene ring substituents is 1. The monoisotopic (exact) mass is 232 g/mol. The normalized spacial score (nSPS) is 19.1. The van der Waals surface area contributed by atoms with Crippen molar-refractivity contribution in [3.63, 3.8) is 0 Å². The Morgan fingerprint density at radius 3 is 2.88 bits per heavy atom. The maximum Gasteiger partial charge on any atom is 0.287 e. The Balaban J connectivity index is 2.32. The molecule has 1 aliphatic heterocycles. The fourth-order valence-corrected chi connectivity index (χ4v) is 1.99. The number of anilines is 1. The van der Waals surface area contributed by atoms with E-state index in [1.165, 1.54) is 6.07 Å². The van der Waals surface area contributed by atoms with E-state index in [0.717, 1.165) is 25.2 Å². The SMILES string of the molecule is N#Cc1cc(N2CCC(N)C2)ccc1[N+](=O)[O-]. The lowest BCUT2D eigenvalue weighted by atomic mass is 10.1. The van der Waals surface area contributed by atoms with E-state index in [2.05, 4.69) is 0 Å². The van der Waals surface area contributed by atoms with Gasteiger partial charge in [-0.2, -0.15) is 5.26 Å². The van der Waals surface area contributed by atoms with Gasteiger partial charge in [0.05, 0.1) is 4.92 Å². The lowest BCUT2D eigenvalue weighted by molar-refractivity contribution is -0.385. The standard InChI is InChI=1S/C11H12N4O2/c12-6-8-5-10(1-2-11(8)15(16)17)14-4-3-9(13)7-14/h1-2,5,9H,3-4,7,13H2. The summed E-state index contributed by atoms with van der Waals surface area (Å²) in [6, 6.07) is 6.58. The van der Waals surface area contributed by atoms with Gasteiger partial charge in [0.15, 0.2) is 0 Å². The van der Waals surface area contributed by atoms with Crippen LogP contribution in [-0.2, 0) is 0 Å².